The van der Waals surface area contributed by atoms with Gasteiger partial charge in [-0.25, -0.2) is 4.79 Å². The molecule has 5 nitrogen and oxygen atoms in total. The number of rotatable bonds is 3. The number of aromatic nitrogens is 2. The topological polar surface area (TPSA) is 69.0 Å². The van der Waals surface area contributed by atoms with Gasteiger partial charge < -0.3 is 14.9 Å². The van der Waals surface area contributed by atoms with Crippen molar-refractivity contribution in [2.24, 2.45) is 11.8 Å². The molecular weight excluding hydrogens is 290 g/mol. The number of H-pyrrole nitrogens is 2. The molecule has 1 amide bonds. The molecule has 1 aromatic heterocycles. The quantitative estimate of drug-likeness (QED) is 0.914. The van der Waals surface area contributed by atoms with Crippen LogP contribution in [0.3, 0.4) is 0 Å². The Balaban J connectivity index is 1.35. The van der Waals surface area contributed by atoms with E-state index in [1.807, 2.05) is 23.1 Å². The molecule has 2 aromatic rings. The predicted octanol–water partition coefficient (Wildman–Crippen LogP) is 2.44. The predicted molar refractivity (Wildman–Crippen MR) is 89.3 cm³/mol. The van der Waals surface area contributed by atoms with E-state index < -0.39 is 0 Å². The highest BCUT2D eigenvalue weighted by atomic mass is 16.2. The Morgan fingerprint density at radius 2 is 1.78 bits per heavy atom. The van der Waals surface area contributed by atoms with Crippen molar-refractivity contribution < 1.29 is 4.79 Å². The molecule has 23 heavy (non-hydrogen) atoms. The van der Waals surface area contributed by atoms with E-state index in [1.165, 1.54) is 32.1 Å². The van der Waals surface area contributed by atoms with Crippen molar-refractivity contribution >= 4 is 16.9 Å². The van der Waals surface area contributed by atoms with Gasteiger partial charge >= 0.3 is 5.69 Å². The first-order chi connectivity index (χ1) is 11.2. The normalized spacial score (nSPS) is 19.9. The van der Waals surface area contributed by atoms with Gasteiger partial charge in [-0.05, 0) is 29.5 Å². The molecular formula is C18H23N3O2. The van der Waals surface area contributed by atoms with E-state index in [9.17, 15) is 9.59 Å². The summed E-state index contributed by atoms with van der Waals surface area (Å²) in [6, 6.07) is 5.67. The van der Waals surface area contributed by atoms with Crippen LogP contribution in [0.15, 0.2) is 23.0 Å². The lowest BCUT2D eigenvalue weighted by Crippen LogP contribution is -2.53. The number of likely N-dealkylation sites (tertiary alicyclic amines) is 1. The molecule has 4 rings (SSSR count). The highest BCUT2D eigenvalue weighted by Crippen LogP contribution is 2.35. The number of nitrogens with zero attached hydrogens (tertiary/aromatic N) is 1. The number of hydrogen-bond acceptors (Lipinski definition) is 2. The van der Waals surface area contributed by atoms with Gasteiger partial charge in [0, 0.05) is 13.1 Å². The van der Waals surface area contributed by atoms with E-state index in [2.05, 4.69) is 9.97 Å². The van der Waals surface area contributed by atoms with Gasteiger partial charge in [-0.15, -0.1) is 0 Å². The van der Waals surface area contributed by atoms with Crippen LogP contribution in [0, 0.1) is 11.8 Å². The highest BCUT2D eigenvalue weighted by molar-refractivity contribution is 5.82. The minimum absolute atomic E-state index is 0.203. The van der Waals surface area contributed by atoms with Crippen LogP contribution >= 0.6 is 0 Å². The minimum atomic E-state index is -0.207. The van der Waals surface area contributed by atoms with Crippen molar-refractivity contribution in [2.45, 2.75) is 38.5 Å². The van der Waals surface area contributed by atoms with Crippen LogP contribution in [0.25, 0.3) is 11.0 Å². The zero-order valence-corrected chi connectivity index (χ0v) is 13.3. The van der Waals surface area contributed by atoms with E-state index in [1.54, 1.807) is 0 Å². The van der Waals surface area contributed by atoms with Crippen molar-refractivity contribution in [3.8, 4) is 0 Å². The summed E-state index contributed by atoms with van der Waals surface area (Å²) in [6.07, 6.45) is 7.23. The van der Waals surface area contributed by atoms with Crippen molar-refractivity contribution in [1.29, 1.82) is 0 Å². The largest absolute Gasteiger partial charge is 0.342 e. The average Bonchev–Trinajstić information content (AvgIpc) is 2.86. The van der Waals surface area contributed by atoms with E-state index in [-0.39, 0.29) is 11.6 Å². The summed E-state index contributed by atoms with van der Waals surface area (Å²) in [5.74, 6) is 1.77. The molecule has 2 aliphatic rings. The van der Waals surface area contributed by atoms with Crippen molar-refractivity contribution in [3.63, 3.8) is 0 Å². The summed E-state index contributed by atoms with van der Waals surface area (Å²) in [5.41, 5.74) is 2.30. The monoisotopic (exact) mass is 313 g/mol. The molecule has 2 fully saturated rings. The Hall–Kier alpha value is -2.04. The van der Waals surface area contributed by atoms with E-state index in [0.717, 1.165) is 41.5 Å². The SMILES string of the molecule is O=C(Cc1ccc2[nH]c(=O)[nH]c2c1)N1CC(C2CCCCC2)C1. The van der Waals surface area contributed by atoms with Crippen molar-refractivity contribution in [1.82, 2.24) is 14.9 Å². The fourth-order valence-corrected chi connectivity index (χ4v) is 4.10. The molecule has 0 bridgehead atoms. The average molecular weight is 313 g/mol. The van der Waals surface area contributed by atoms with Crippen molar-refractivity contribution in [3.05, 3.63) is 34.2 Å². The Kier molecular flexibility index (Phi) is 3.71. The molecule has 0 unspecified atom stereocenters. The summed E-state index contributed by atoms with van der Waals surface area (Å²) in [6.45, 7) is 1.87. The standard InChI is InChI=1S/C18H23N3O2/c22-17(21-10-14(11-21)13-4-2-1-3-5-13)9-12-6-7-15-16(8-12)20-18(23)19-15/h6-8,13-14H,1-5,9-11H2,(H2,19,20,23). The Morgan fingerprint density at radius 3 is 2.57 bits per heavy atom. The summed E-state index contributed by atoms with van der Waals surface area (Å²) in [4.78, 5) is 31.1. The van der Waals surface area contributed by atoms with Gasteiger partial charge in [0.25, 0.3) is 0 Å². The van der Waals surface area contributed by atoms with Crippen LogP contribution in [-0.2, 0) is 11.2 Å². The second-order valence-electron chi connectivity index (χ2n) is 7.09. The zero-order chi connectivity index (χ0) is 15.8. The third-order valence-electron chi connectivity index (χ3n) is 5.51. The summed E-state index contributed by atoms with van der Waals surface area (Å²) in [7, 11) is 0. The molecule has 1 aliphatic carbocycles. The van der Waals surface area contributed by atoms with Crippen LogP contribution in [0.5, 0.6) is 0 Å². The fourth-order valence-electron chi connectivity index (χ4n) is 4.10. The fraction of sp³-hybridized carbons (Fsp3) is 0.556. The molecule has 1 aromatic carbocycles. The number of benzene rings is 1. The summed E-state index contributed by atoms with van der Waals surface area (Å²) in [5, 5.41) is 0. The first kappa shape index (κ1) is 14.5. The lowest BCUT2D eigenvalue weighted by Gasteiger charge is -2.44. The summed E-state index contributed by atoms with van der Waals surface area (Å²) < 4.78 is 0. The lowest BCUT2D eigenvalue weighted by molar-refractivity contribution is -0.138. The minimum Gasteiger partial charge on any atom is -0.342 e. The van der Waals surface area contributed by atoms with Gasteiger partial charge in [0.2, 0.25) is 5.91 Å². The first-order valence-electron chi connectivity index (χ1n) is 8.68. The van der Waals surface area contributed by atoms with Gasteiger partial charge in [-0.1, -0.05) is 38.2 Å². The van der Waals surface area contributed by atoms with Gasteiger partial charge in [-0.3, -0.25) is 4.79 Å². The highest BCUT2D eigenvalue weighted by Gasteiger charge is 2.36. The van der Waals surface area contributed by atoms with Crippen molar-refractivity contribution in [2.75, 3.05) is 13.1 Å². The van der Waals surface area contributed by atoms with Crippen LogP contribution < -0.4 is 5.69 Å². The van der Waals surface area contributed by atoms with E-state index >= 15 is 0 Å². The van der Waals surface area contributed by atoms with Gasteiger partial charge in [0.05, 0.1) is 17.5 Å². The maximum absolute atomic E-state index is 12.4. The molecule has 0 spiro atoms. The molecule has 5 heteroatoms. The zero-order valence-electron chi connectivity index (χ0n) is 13.3. The number of carbonyl (C=O) groups is 1. The Morgan fingerprint density at radius 1 is 1.04 bits per heavy atom. The molecule has 2 heterocycles. The number of aromatic amines is 2. The van der Waals surface area contributed by atoms with Crippen LogP contribution in [0.1, 0.15) is 37.7 Å². The van der Waals surface area contributed by atoms with Crippen LogP contribution in [0.4, 0.5) is 0 Å². The molecule has 0 atom stereocenters. The number of imidazole rings is 1. The number of nitrogens with one attached hydrogen (secondary N) is 2. The Bertz CT molecular complexity index is 764. The third kappa shape index (κ3) is 2.92. The summed E-state index contributed by atoms with van der Waals surface area (Å²) >= 11 is 0. The molecule has 1 saturated heterocycles. The molecule has 2 N–H and O–H groups in total. The van der Waals surface area contributed by atoms with Gasteiger partial charge in [0.1, 0.15) is 0 Å². The van der Waals surface area contributed by atoms with Gasteiger partial charge in [-0.2, -0.15) is 0 Å². The smallest absolute Gasteiger partial charge is 0.323 e. The molecule has 122 valence electrons. The van der Waals surface area contributed by atoms with E-state index in [4.69, 9.17) is 0 Å². The second-order valence-corrected chi connectivity index (χ2v) is 7.09. The number of carbonyl (C=O) groups excluding carboxylic acids is 1. The number of hydrogen-bond donors (Lipinski definition) is 2. The number of fused-ring (bicyclic) bond motifs is 1. The second kappa shape index (κ2) is 5.87. The van der Waals surface area contributed by atoms with Crippen LogP contribution in [-0.4, -0.2) is 33.9 Å². The van der Waals surface area contributed by atoms with Crippen LogP contribution in [0.2, 0.25) is 0 Å². The lowest BCUT2D eigenvalue weighted by atomic mass is 9.76. The maximum Gasteiger partial charge on any atom is 0.323 e. The van der Waals surface area contributed by atoms with Gasteiger partial charge in [0.15, 0.2) is 0 Å². The first-order valence-corrected chi connectivity index (χ1v) is 8.68. The third-order valence-corrected chi connectivity index (χ3v) is 5.51. The maximum atomic E-state index is 12.4. The van der Waals surface area contributed by atoms with E-state index in [0.29, 0.717) is 6.42 Å². The Labute approximate surface area is 135 Å². The molecule has 1 aliphatic heterocycles. The number of amides is 1. The molecule has 1 saturated carbocycles. The molecule has 0 radical (unpaired) electrons.